The first kappa shape index (κ1) is 31.6. The van der Waals surface area contributed by atoms with E-state index in [9.17, 15) is 9.59 Å². The standard InChI is InChI=1S/C25H49NO7/c1-4-7-8-9-10-11-12-13-14-15-17-23(24(29)32-22(20-27)21-28)33-25(30)31-19-16-18-26(5-2)6-3/h22-23,27-28H,4-21H2,1-3H3. The third kappa shape index (κ3) is 17.7. The number of unbranched alkanes of at least 4 members (excludes halogenated alkanes) is 9. The zero-order valence-electron chi connectivity index (χ0n) is 21.3. The molecule has 2 N–H and O–H groups in total. The lowest BCUT2D eigenvalue weighted by Crippen LogP contribution is -2.35. The normalized spacial score (nSPS) is 12.2. The van der Waals surface area contributed by atoms with Crippen molar-refractivity contribution in [3.63, 3.8) is 0 Å². The zero-order chi connectivity index (χ0) is 24.7. The minimum absolute atomic E-state index is 0.214. The summed E-state index contributed by atoms with van der Waals surface area (Å²) >= 11 is 0. The second kappa shape index (κ2) is 22.4. The molecule has 0 saturated carbocycles. The van der Waals surface area contributed by atoms with Crippen LogP contribution in [0.15, 0.2) is 0 Å². The van der Waals surface area contributed by atoms with Gasteiger partial charge in [-0.2, -0.15) is 0 Å². The van der Waals surface area contributed by atoms with Crippen LogP contribution in [0.5, 0.6) is 0 Å². The van der Waals surface area contributed by atoms with E-state index in [4.69, 9.17) is 24.4 Å². The molecular weight excluding hydrogens is 426 g/mol. The number of carbonyl (C=O) groups excluding carboxylic acids is 2. The maximum Gasteiger partial charge on any atom is 0.509 e. The molecular formula is C25H49NO7. The molecule has 8 nitrogen and oxygen atoms in total. The van der Waals surface area contributed by atoms with Gasteiger partial charge in [-0.1, -0.05) is 78.6 Å². The SMILES string of the molecule is CCCCCCCCCCCCC(OC(=O)OCCCN(CC)CC)C(=O)OC(CO)CO. The second-order valence-electron chi connectivity index (χ2n) is 8.48. The van der Waals surface area contributed by atoms with Crippen LogP contribution in [0.4, 0.5) is 4.79 Å². The summed E-state index contributed by atoms with van der Waals surface area (Å²) in [5.41, 5.74) is 0. The lowest BCUT2D eigenvalue weighted by molar-refractivity contribution is -0.165. The van der Waals surface area contributed by atoms with Crippen LogP contribution >= 0.6 is 0 Å². The number of carbonyl (C=O) groups is 2. The van der Waals surface area contributed by atoms with E-state index in [2.05, 4.69) is 25.7 Å². The molecule has 0 aromatic rings. The maximum absolute atomic E-state index is 12.4. The van der Waals surface area contributed by atoms with Crippen molar-refractivity contribution in [1.29, 1.82) is 0 Å². The van der Waals surface area contributed by atoms with Gasteiger partial charge in [0.2, 0.25) is 6.10 Å². The molecule has 33 heavy (non-hydrogen) atoms. The topological polar surface area (TPSA) is 106 Å². The molecule has 0 aliphatic rings. The molecule has 0 fully saturated rings. The number of hydrogen-bond acceptors (Lipinski definition) is 8. The van der Waals surface area contributed by atoms with Crippen LogP contribution in [0.1, 0.15) is 97.8 Å². The number of aliphatic hydroxyl groups excluding tert-OH is 2. The molecule has 0 heterocycles. The van der Waals surface area contributed by atoms with Crippen molar-refractivity contribution in [3.05, 3.63) is 0 Å². The summed E-state index contributed by atoms with van der Waals surface area (Å²) < 4.78 is 15.4. The number of esters is 1. The van der Waals surface area contributed by atoms with Gasteiger partial charge < -0.3 is 29.3 Å². The van der Waals surface area contributed by atoms with E-state index in [-0.39, 0.29) is 6.61 Å². The Morgan fingerprint density at radius 2 is 1.30 bits per heavy atom. The Hall–Kier alpha value is -1.38. The van der Waals surface area contributed by atoms with Crippen LogP contribution in [0.2, 0.25) is 0 Å². The van der Waals surface area contributed by atoms with Gasteiger partial charge in [0.1, 0.15) is 6.10 Å². The van der Waals surface area contributed by atoms with E-state index in [1.54, 1.807) is 0 Å². The Labute approximate surface area is 201 Å². The number of nitrogens with zero attached hydrogens (tertiary/aromatic N) is 1. The van der Waals surface area contributed by atoms with E-state index in [0.717, 1.165) is 38.9 Å². The third-order valence-electron chi connectivity index (χ3n) is 5.74. The van der Waals surface area contributed by atoms with Crippen LogP contribution in [-0.4, -0.2) is 78.9 Å². The van der Waals surface area contributed by atoms with Crippen molar-refractivity contribution in [1.82, 2.24) is 4.90 Å². The molecule has 0 aliphatic heterocycles. The van der Waals surface area contributed by atoms with E-state index in [0.29, 0.717) is 19.3 Å². The quantitative estimate of drug-likeness (QED) is 0.175. The summed E-state index contributed by atoms with van der Waals surface area (Å²) in [7, 11) is 0. The van der Waals surface area contributed by atoms with Gasteiger partial charge >= 0.3 is 12.1 Å². The molecule has 0 spiro atoms. The van der Waals surface area contributed by atoms with Crippen molar-refractivity contribution in [2.24, 2.45) is 0 Å². The summed E-state index contributed by atoms with van der Waals surface area (Å²) in [5.74, 6) is -0.765. The zero-order valence-corrected chi connectivity index (χ0v) is 21.3. The van der Waals surface area contributed by atoms with E-state index in [1.165, 1.54) is 38.5 Å². The Balaban J connectivity index is 4.35. The molecule has 0 aromatic carbocycles. The summed E-state index contributed by atoms with van der Waals surface area (Å²) in [6.45, 7) is 8.28. The number of rotatable bonds is 22. The van der Waals surface area contributed by atoms with Crippen LogP contribution < -0.4 is 0 Å². The highest BCUT2D eigenvalue weighted by molar-refractivity contribution is 5.77. The maximum atomic E-state index is 12.4. The first-order valence-corrected chi connectivity index (χ1v) is 13.0. The highest BCUT2D eigenvalue weighted by atomic mass is 16.7. The second-order valence-corrected chi connectivity index (χ2v) is 8.48. The summed E-state index contributed by atoms with van der Waals surface area (Å²) in [4.78, 5) is 26.7. The lowest BCUT2D eigenvalue weighted by Gasteiger charge is -2.20. The molecule has 196 valence electrons. The Kier molecular flexibility index (Phi) is 21.5. The van der Waals surface area contributed by atoms with Crippen molar-refractivity contribution in [3.8, 4) is 0 Å². The van der Waals surface area contributed by atoms with Gasteiger partial charge in [0.15, 0.2) is 0 Å². The molecule has 1 unspecified atom stereocenters. The highest BCUT2D eigenvalue weighted by Gasteiger charge is 2.27. The summed E-state index contributed by atoms with van der Waals surface area (Å²) in [6, 6.07) is 0. The molecule has 0 bridgehead atoms. The average molecular weight is 476 g/mol. The molecule has 8 heteroatoms. The van der Waals surface area contributed by atoms with Gasteiger partial charge in [0.25, 0.3) is 0 Å². The van der Waals surface area contributed by atoms with E-state index < -0.39 is 37.5 Å². The fourth-order valence-corrected chi connectivity index (χ4v) is 3.55. The van der Waals surface area contributed by atoms with E-state index >= 15 is 0 Å². The molecule has 0 amide bonds. The van der Waals surface area contributed by atoms with Gasteiger partial charge in [-0.15, -0.1) is 0 Å². The van der Waals surface area contributed by atoms with Crippen molar-refractivity contribution >= 4 is 12.1 Å². The number of aliphatic hydroxyl groups is 2. The summed E-state index contributed by atoms with van der Waals surface area (Å²) in [5, 5.41) is 18.3. The van der Waals surface area contributed by atoms with Gasteiger partial charge in [0, 0.05) is 6.54 Å². The van der Waals surface area contributed by atoms with Crippen LogP contribution in [0.25, 0.3) is 0 Å². The molecule has 0 aliphatic carbocycles. The number of hydrogen-bond donors (Lipinski definition) is 2. The van der Waals surface area contributed by atoms with Crippen LogP contribution in [0, 0.1) is 0 Å². The predicted octanol–water partition coefficient (Wildman–Crippen LogP) is 4.45. The Bertz CT molecular complexity index is 468. The number of ether oxygens (including phenoxy) is 3. The largest absolute Gasteiger partial charge is 0.509 e. The van der Waals surface area contributed by atoms with Crippen molar-refractivity contribution < 1.29 is 34.0 Å². The molecule has 0 rings (SSSR count). The highest BCUT2D eigenvalue weighted by Crippen LogP contribution is 2.15. The van der Waals surface area contributed by atoms with E-state index in [1.807, 2.05) is 0 Å². The fourth-order valence-electron chi connectivity index (χ4n) is 3.55. The fraction of sp³-hybridized carbons (Fsp3) is 0.920. The smallest absolute Gasteiger partial charge is 0.455 e. The Morgan fingerprint density at radius 3 is 1.82 bits per heavy atom. The van der Waals surface area contributed by atoms with Crippen molar-refractivity contribution in [2.75, 3.05) is 39.5 Å². The predicted molar refractivity (Wildman–Crippen MR) is 129 cm³/mol. The van der Waals surface area contributed by atoms with Gasteiger partial charge in [-0.05, 0) is 32.4 Å². The Morgan fingerprint density at radius 1 is 0.758 bits per heavy atom. The minimum atomic E-state index is -1.10. The molecule has 1 atom stereocenters. The molecule has 0 saturated heterocycles. The molecule has 0 radical (unpaired) electrons. The minimum Gasteiger partial charge on any atom is -0.455 e. The van der Waals surface area contributed by atoms with Crippen molar-refractivity contribution in [2.45, 2.75) is 110 Å². The van der Waals surface area contributed by atoms with Gasteiger partial charge in [-0.3, -0.25) is 0 Å². The monoisotopic (exact) mass is 475 g/mol. The third-order valence-corrected chi connectivity index (χ3v) is 5.74. The first-order chi connectivity index (χ1) is 16.0. The van der Waals surface area contributed by atoms with Crippen LogP contribution in [-0.2, 0) is 19.0 Å². The van der Waals surface area contributed by atoms with Gasteiger partial charge in [0.05, 0.1) is 19.8 Å². The summed E-state index contributed by atoms with van der Waals surface area (Å²) in [6.07, 6.45) is 9.53. The average Bonchev–Trinajstić information content (AvgIpc) is 2.82. The lowest BCUT2D eigenvalue weighted by atomic mass is 10.0. The molecule has 0 aromatic heterocycles. The van der Waals surface area contributed by atoms with Crippen LogP contribution in [0.3, 0.4) is 0 Å². The first-order valence-electron chi connectivity index (χ1n) is 13.0. The van der Waals surface area contributed by atoms with Gasteiger partial charge in [-0.25, -0.2) is 9.59 Å².